The maximum absolute atomic E-state index is 11.8. The van der Waals surface area contributed by atoms with E-state index in [9.17, 15) is 14.9 Å². The molecule has 0 amide bonds. The molecule has 1 atom stereocenters. The molecule has 1 heterocycles. The molecule has 19 heavy (non-hydrogen) atoms. The van der Waals surface area contributed by atoms with Crippen molar-refractivity contribution in [3.8, 4) is 0 Å². The zero-order valence-corrected chi connectivity index (χ0v) is 10.4. The fourth-order valence-electron chi connectivity index (χ4n) is 1.94. The van der Waals surface area contributed by atoms with Gasteiger partial charge in [0.1, 0.15) is 6.61 Å². The quantitative estimate of drug-likeness (QED) is 0.446. The van der Waals surface area contributed by atoms with E-state index in [-0.39, 0.29) is 24.2 Å². The lowest BCUT2D eigenvalue weighted by Gasteiger charge is -2.09. The maximum Gasteiger partial charge on any atom is 0.270 e. The molecule has 102 valence electrons. The van der Waals surface area contributed by atoms with Gasteiger partial charge in [0.2, 0.25) is 0 Å². The fraction of sp³-hybridized carbons (Fsp3) is 0.462. The van der Waals surface area contributed by atoms with Crippen LogP contribution in [0.15, 0.2) is 24.3 Å². The number of non-ortho nitro benzene ring substituents is 1. The van der Waals surface area contributed by atoms with Crippen LogP contribution in [-0.2, 0) is 9.47 Å². The molecule has 0 saturated carbocycles. The summed E-state index contributed by atoms with van der Waals surface area (Å²) >= 11 is 0. The van der Waals surface area contributed by atoms with Gasteiger partial charge in [-0.15, -0.1) is 0 Å². The number of hydrogen-bond acceptors (Lipinski definition) is 5. The molecule has 1 aliphatic rings. The highest BCUT2D eigenvalue weighted by atomic mass is 16.6. The van der Waals surface area contributed by atoms with Crippen LogP contribution in [0.1, 0.15) is 23.2 Å². The van der Waals surface area contributed by atoms with Crippen LogP contribution in [0.3, 0.4) is 0 Å². The number of ketones is 1. The SMILES string of the molecule is O=C(COCC1CCCO1)c1cccc([N+](=O)[O-])c1. The predicted octanol–water partition coefficient (Wildman–Crippen LogP) is 1.97. The Bertz CT molecular complexity index is 468. The molecule has 0 spiro atoms. The lowest BCUT2D eigenvalue weighted by molar-refractivity contribution is -0.384. The van der Waals surface area contributed by atoms with Crippen LogP contribution in [0.4, 0.5) is 5.69 Å². The van der Waals surface area contributed by atoms with Crippen LogP contribution in [0, 0.1) is 10.1 Å². The third-order valence-corrected chi connectivity index (χ3v) is 2.94. The van der Waals surface area contributed by atoms with Gasteiger partial charge in [-0.3, -0.25) is 14.9 Å². The number of carbonyl (C=O) groups is 1. The molecular formula is C13H15NO5. The van der Waals surface area contributed by atoms with Crippen LogP contribution in [0.2, 0.25) is 0 Å². The molecule has 1 fully saturated rings. The van der Waals surface area contributed by atoms with E-state index >= 15 is 0 Å². The summed E-state index contributed by atoms with van der Waals surface area (Å²) in [6.45, 7) is 1.05. The third kappa shape index (κ3) is 3.84. The minimum absolute atomic E-state index is 0.0675. The zero-order chi connectivity index (χ0) is 13.7. The van der Waals surface area contributed by atoms with Gasteiger partial charge in [-0.05, 0) is 12.8 Å². The minimum atomic E-state index is -0.524. The molecule has 6 nitrogen and oxygen atoms in total. The van der Waals surface area contributed by atoms with E-state index in [2.05, 4.69) is 0 Å². The molecule has 0 radical (unpaired) electrons. The Morgan fingerprint density at radius 2 is 2.37 bits per heavy atom. The van der Waals surface area contributed by atoms with Crippen LogP contribution in [0.5, 0.6) is 0 Å². The normalized spacial score (nSPS) is 18.4. The molecule has 1 unspecified atom stereocenters. The van der Waals surface area contributed by atoms with Gasteiger partial charge in [0.15, 0.2) is 5.78 Å². The van der Waals surface area contributed by atoms with Crippen molar-refractivity contribution < 1.29 is 19.2 Å². The predicted molar refractivity (Wildman–Crippen MR) is 67.2 cm³/mol. The lowest BCUT2D eigenvalue weighted by Crippen LogP contribution is -2.18. The number of rotatable bonds is 6. The first-order valence-electron chi connectivity index (χ1n) is 6.14. The first-order chi connectivity index (χ1) is 9.16. The van der Waals surface area contributed by atoms with Crippen molar-refractivity contribution in [2.45, 2.75) is 18.9 Å². The molecule has 0 aromatic heterocycles. The Morgan fingerprint density at radius 3 is 3.05 bits per heavy atom. The van der Waals surface area contributed by atoms with Crippen molar-refractivity contribution in [1.29, 1.82) is 0 Å². The topological polar surface area (TPSA) is 78.7 Å². The Morgan fingerprint density at radius 1 is 1.53 bits per heavy atom. The summed E-state index contributed by atoms with van der Waals surface area (Å²) in [5.74, 6) is -0.262. The van der Waals surface area contributed by atoms with E-state index in [0.29, 0.717) is 12.2 Å². The van der Waals surface area contributed by atoms with E-state index in [1.807, 2.05) is 0 Å². The van der Waals surface area contributed by atoms with E-state index in [1.54, 1.807) is 6.07 Å². The molecule has 1 aromatic rings. The van der Waals surface area contributed by atoms with Gasteiger partial charge in [-0.25, -0.2) is 0 Å². The van der Waals surface area contributed by atoms with Crippen molar-refractivity contribution in [1.82, 2.24) is 0 Å². The average molecular weight is 265 g/mol. The van der Waals surface area contributed by atoms with Crippen molar-refractivity contribution in [3.05, 3.63) is 39.9 Å². The first-order valence-corrected chi connectivity index (χ1v) is 6.14. The van der Waals surface area contributed by atoms with Gasteiger partial charge in [0, 0.05) is 24.3 Å². The van der Waals surface area contributed by atoms with E-state index in [0.717, 1.165) is 19.4 Å². The molecule has 6 heteroatoms. The van der Waals surface area contributed by atoms with Crippen molar-refractivity contribution in [2.24, 2.45) is 0 Å². The highest BCUT2D eigenvalue weighted by Gasteiger charge is 2.17. The van der Waals surface area contributed by atoms with Gasteiger partial charge in [-0.2, -0.15) is 0 Å². The number of nitro benzene ring substituents is 1. The van der Waals surface area contributed by atoms with Gasteiger partial charge in [0.05, 0.1) is 17.6 Å². The van der Waals surface area contributed by atoms with Crippen molar-refractivity contribution >= 4 is 11.5 Å². The molecular weight excluding hydrogens is 250 g/mol. The summed E-state index contributed by atoms with van der Waals surface area (Å²) in [5, 5.41) is 10.6. The Balaban J connectivity index is 1.85. The molecule has 1 aromatic carbocycles. The Hall–Kier alpha value is -1.79. The third-order valence-electron chi connectivity index (χ3n) is 2.94. The monoisotopic (exact) mass is 265 g/mol. The fourth-order valence-corrected chi connectivity index (χ4v) is 1.94. The number of nitrogens with zero attached hydrogens (tertiary/aromatic N) is 1. The standard InChI is InChI=1S/C13H15NO5/c15-13(9-18-8-12-5-2-6-19-12)10-3-1-4-11(7-10)14(16)17/h1,3-4,7,12H,2,5-6,8-9H2. The summed E-state index contributed by atoms with van der Waals surface area (Å²) in [4.78, 5) is 21.9. The van der Waals surface area contributed by atoms with Crippen LogP contribution in [0.25, 0.3) is 0 Å². The molecule has 1 saturated heterocycles. The van der Waals surface area contributed by atoms with E-state index in [4.69, 9.17) is 9.47 Å². The Kier molecular flexibility index (Phi) is 4.59. The number of hydrogen-bond donors (Lipinski definition) is 0. The largest absolute Gasteiger partial charge is 0.376 e. The van der Waals surface area contributed by atoms with Gasteiger partial charge >= 0.3 is 0 Å². The maximum atomic E-state index is 11.8. The summed E-state index contributed by atoms with van der Waals surface area (Å²) in [7, 11) is 0. The number of nitro groups is 1. The van der Waals surface area contributed by atoms with Gasteiger partial charge in [-0.1, -0.05) is 12.1 Å². The van der Waals surface area contributed by atoms with E-state index < -0.39 is 4.92 Å². The lowest BCUT2D eigenvalue weighted by atomic mass is 10.1. The first kappa shape index (κ1) is 13.6. The van der Waals surface area contributed by atoms with Gasteiger partial charge < -0.3 is 9.47 Å². The summed E-state index contributed by atoms with van der Waals surface area (Å²) < 4.78 is 10.7. The van der Waals surface area contributed by atoms with E-state index in [1.165, 1.54) is 18.2 Å². The summed E-state index contributed by atoms with van der Waals surface area (Å²) in [6.07, 6.45) is 2.04. The molecule has 0 N–H and O–H groups in total. The number of ether oxygens (including phenoxy) is 2. The highest BCUT2D eigenvalue weighted by molar-refractivity contribution is 5.97. The number of carbonyl (C=O) groups excluding carboxylic acids is 1. The zero-order valence-electron chi connectivity index (χ0n) is 10.4. The summed E-state index contributed by atoms with van der Waals surface area (Å²) in [6, 6.07) is 5.65. The second kappa shape index (κ2) is 6.40. The van der Waals surface area contributed by atoms with Crippen LogP contribution < -0.4 is 0 Å². The molecule has 2 rings (SSSR count). The van der Waals surface area contributed by atoms with Crippen LogP contribution >= 0.6 is 0 Å². The number of Topliss-reactive ketones (excluding diaryl/α,β-unsaturated/α-hetero) is 1. The Labute approximate surface area is 110 Å². The van der Waals surface area contributed by atoms with Crippen LogP contribution in [-0.4, -0.2) is 36.6 Å². The smallest absolute Gasteiger partial charge is 0.270 e. The number of benzene rings is 1. The summed E-state index contributed by atoms with van der Waals surface area (Å²) in [5.41, 5.74) is 0.200. The van der Waals surface area contributed by atoms with Crippen molar-refractivity contribution in [2.75, 3.05) is 19.8 Å². The highest BCUT2D eigenvalue weighted by Crippen LogP contribution is 2.14. The molecule has 0 bridgehead atoms. The molecule has 1 aliphatic heterocycles. The molecule has 0 aliphatic carbocycles. The second-order valence-corrected chi connectivity index (χ2v) is 4.38. The second-order valence-electron chi connectivity index (χ2n) is 4.38. The van der Waals surface area contributed by atoms with Crippen molar-refractivity contribution in [3.63, 3.8) is 0 Å². The minimum Gasteiger partial charge on any atom is -0.376 e. The average Bonchev–Trinajstić information content (AvgIpc) is 2.92. The van der Waals surface area contributed by atoms with Gasteiger partial charge in [0.25, 0.3) is 5.69 Å².